The number of benzene rings is 8. The number of aromatic nitrogens is 4. The number of para-hydroxylation sites is 1. The molecule has 0 aliphatic rings. The smallest absolute Gasteiger partial charge is 0.164 e. The van der Waals surface area contributed by atoms with Gasteiger partial charge in [-0.1, -0.05) is 133 Å². The minimum absolute atomic E-state index is 0.613. The van der Waals surface area contributed by atoms with Crippen LogP contribution in [0.15, 0.2) is 199 Å². The summed E-state index contributed by atoms with van der Waals surface area (Å²) in [7, 11) is 0. The predicted octanol–water partition coefficient (Wildman–Crippen LogP) is 13.2. The molecule has 0 fully saturated rings. The number of nitrogens with zero attached hydrogens (tertiary/aromatic N) is 4. The molecule has 5 nitrogen and oxygen atoms in total. The second kappa shape index (κ2) is 13.0. The third kappa shape index (κ3) is 5.45. The molecule has 0 saturated carbocycles. The van der Waals surface area contributed by atoms with Gasteiger partial charge in [-0.2, -0.15) is 0 Å². The van der Waals surface area contributed by atoms with E-state index in [1.807, 2.05) is 72.8 Å². The topological polar surface area (TPSA) is 56.7 Å². The first-order valence-electron chi connectivity index (χ1n) is 18.8. The van der Waals surface area contributed by atoms with Gasteiger partial charge in [0.05, 0.1) is 11.0 Å². The molecule has 0 amide bonds. The van der Waals surface area contributed by atoms with Crippen molar-refractivity contribution in [3.8, 4) is 62.1 Å². The molecule has 0 atom stereocenters. The van der Waals surface area contributed by atoms with Crippen LogP contribution in [0.5, 0.6) is 0 Å². The van der Waals surface area contributed by atoms with Crippen LogP contribution in [0.3, 0.4) is 0 Å². The zero-order chi connectivity index (χ0) is 37.0. The van der Waals surface area contributed by atoms with Gasteiger partial charge in [0.2, 0.25) is 0 Å². The van der Waals surface area contributed by atoms with Crippen molar-refractivity contribution in [2.75, 3.05) is 0 Å². The van der Waals surface area contributed by atoms with Crippen molar-refractivity contribution >= 4 is 43.7 Å². The molecule has 3 heterocycles. The van der Waals surface area contributed by atoms with Gasteiger partial charge in [-0.05, 0) is 82.9 Å². The molecule has 3 aromatic heterocycles. The van der Waals surface area contributed by atoms with E-state index in [1.165, 1.54) is 32.9 Å². The van der Waals surface area contributed by atoms with Crippen molar-refractivity contribution in [2.45, 2.75) is 0 Å². The van der Waals surface area contributed by atoms with E-state index < -0.39 is 0 Å². The van der Waals surface area contributed by atoms with Crippen LogP contribution >= 0.6 is 0 Å². The average molecular weight is 717 g/mol. The quantitative estimate of drug-likeness (QED) is 0.172. The maximum atomic E-state index is 6.38. The molecule has 5 heteroatoms. The Morgan fingerprint density at radius 3 is 1.36 bits per heavy atom. The summed E-state index contributed by atoms with van der Waals surface area (Å²) in [5.41, 5.74) is 12.6. The Labute approximate surface area is 322 Å². The van der Waals surface area contributed by atoms with E-state index in [0.29, 0.717) is 17.5 Å². The molecule has 11 aromatic rings. The number of rotatable bonds is 6. The Morgan fingerprint density at radius 1 is 0.304 bits per heavy atom. The summed E-state index contributed by atoms with van der Waals surface area (Å²) < 4.78 is 8.75. The van der Waals surface area contributed by atoms with Gasteiger partial charge in [0.25, 0.3) is 0 Å². The van der Waals surface area contributed by atoms with Gasteiger partial charge in [0.15, 0.2) is 17.5 Å². The Kier molecular flexibility index (Phi) is 7.42. The fourth-order valence-electron chi connectivity index (χ4n) is 7.90. The zero-order valence-corrected chi connectivity index (χ0v) is 30.2. The zero-order valence-electron chi connectivity index (χ0n) is 30.2. The summed E-state index contributed by atoms with van der Waals surface area (Å²) in [6.45, 7) is 0. The second-order valence-electron chi connectivity index (χ2n) is 14.1. The molecule has 0 aliphatic carbocycles. The first-order valence-corrected chi connectivity index (χ1v) is 18.8. The summed E-state index contributed by atoms with van der Waals surface area (Å²) in [5, 5.41) is 4.49. The lowest BCUT2D eigenvalue weighted by molar-refractivity contribution is 0.669. The molecule has 11 rings (SSSR count). The van der Waals surface area contributed by atoms with Crippen molar-refractivity contribution in [1.29, 1.82) is 0 Å². The number of hydrogen-bond acceptors (Lipinski definition) is 4. The molecule has 56 heavy (non-hydrogen) atoms. The Morgan fingerprint density at radius 2 is 0.732 bits per heavy atom. The summed E-state index contributed by atoms with van der Waals surface area (Å²) >= 11 is 0. The van der Waals surface area contributed by atoms with Crippen LogP contribution in [0.4, 0.5) is 0 Å². The molecular formula is C51H32N4O. The molecule has 0 spiro atoms. The molecule has 8 aromatic carbocycles. The van der Waals surface area contributed by atoms with E-state index in [-0.39, 0.29) is 0 Å². The maximum absolute atomic E-state index is 6.38. The highest BCUT2D eigenvalue weighted by Crippen LogP contribution is 2.38. The monoisotopic (exact) mass is 716 g/mol. The van der Waals surface area contributed by atoms with Crippen LogP contribution in [0.25, 0.3) is 106 Å². The van der Waals surface area contributed by atoms with E-state index in [0.717, 1.165) is 55.4 Å². The van der Waals surface area contributed by atoms with Crippen LogP contribution in [-0.2, 0) is 0 Å². The predicted molar refractivity (Wildman–Crippen MR) is 229 cm³/mol. The first kappa shape index (κ1) is 31.9. The molecule has 262 valence electrons. The van der Waals surface area contributed by atoms with Crippen molar-refractivity contribution in [2.24, 2.45) is 0 Å². The van der Waals surface area contributed by atoms with Crippen molar-refractivity contribution < 1.29 is 4.42 Å². The van der Waals surface area contributed by atoms with Crippen molar-refractivity contribution in [3.63, 3.8) is 0 Å². The SMILES string of the molecule is c1ccc(-c2ccc(-n3c4ccccc4c4cc(-c5ccc6oc7ccc(-c8nc(-c9ccccc9)nc(-c9ccccc9)n8)cc7c6c5)ccc43)cc2)cc1. The van der Waals surface area contributed by atoms with Crippen LogP contribution < -0.4 is 0 Å². The minimum atomic E-state index is 0.613. The molecule has 0 N–H and O–H groups in total. The summed E-state index contributed by atoms with van der Waals surface area (Å²) in [4.78, 5) is 14.8. The average Bonchev–Trinajstić information content (AvgIpc) is 3.82. The maximum Gasteiger partial charge on any atom is 0.164 e. The molecule has 0 unspecified atom stereocenters. The van der Waals surface area contributed by atoms with Gasteiger partial charge in [-0.25, -0.2) is 15.0 Å². The summed E-state index contributed by atoms with van der Waals surface area (Å²) in [5.74, 6) is 1.88. The lowest BCUT2D eigenvalue weighted by atomic mass is 10.00. The van der Waals surface area contributed by atoms with E-state index in [2.05, 4.69) is 126 Å². The Hall–Kier alpha value is -7.63. The normalized spacial score (nSPS) is 11.6. The lowest BCUT2D eigenvalue weighted by Gasteiger charge is -2.10. The number of fused-ring (bicyclic) bond motifs is 6. The van der Waals surface area contributed by atoms with Gasteiger partial charge in [-0.3, -0.25) is 0 Å². The molecule has 0 radical (unpaired) electrons. The molecule has 0 aliphatic heterocycles. The Balaban J connectivity index is 1.01. The highest BCUT2D eigenvalue weighted by molar-refractivity contribution is 6.11. The van der Waals surface area contributed by atoms with Gasteiger partial charge >= 0.3 is 0 Å². The van der Waals surface area contributed by atoms with Gasteiger partial charge < -0.3 is 8.98 Å². The van der Waals surface area contributed by atoms with Crippen molar-refractivity contribution in [3.05, 3.63) is 194 Å². The molecule has 0 saturated heterocycles. The van der Waals surface area contributed by atoms with Crippen LogP contribution in [-0.4, -0.2) is 19.5 Å². The number of hydrogen-bond donors (Lipinski definition) is 0. The fourth-order valence-corrected chi connectivity index (χ4v) is 7.90. The summed E-state index contributed by atoms with van der Waals surface area (Å²) in [6, 6.07) is 67.6. The summed E-state index contributed by atoms with van der Waals surface area (Å²) in [6.07, 6.45) is 0. The van der Waals surface area contributed by atoms with E-state index in [9.17, 15) is 0 Å². The van der Waals surface area contributed by atoms with Gasteiger partial charge in [0, 0.05) is 43.9 Å². The molecule has 0 bridgehead atoms. The third-order valence-electron chi connectivity index (χ3n) is 10.7. The highest BCUT2D eigenvalue weighted by atomic mass is 16.3. The van der Waals surface area contributed by atoms with Crippen molar-refractivity contribution in [1.82, 2.24) is 19.5 Å². The Bertz CT molecular complexity index is 3160. The van der Waals surface area contributed by atoms with Crippen LogP contribution in [0.2, 0.25) is 0 Å². The van der Waals surface area contributed by atoms with Gasteiger partial charge in [-0.15, -0.1) is 0 Å². The van der Waals surface area contributed by atoms with Gasteiger partial charge in [0.1, 0.15) is 11.2 Å². The van der Waals surface area contributed by atoms with Crippen LogP contribution in [0, 0.1) is 0 Å². The van der Waals surface area contributed by atoms with Crippen LogP contribution in [0.1, 0.15) is 0 Å². The lowest BCUT2D eigenvalue weighted by Crippen LogP contribution is -2.00. The fraction of sp³-hybridized carbons (Fsp3) is 0. The standard InChI is InChI=1S/C51H32N4O/c1-4-12-33(13-5-1)34-20-25-40(26-21-34)55-45-19-11-10-18-41(45)42-30-37(22-27-46(42)55)38-23-28-47-43(31-38)44-32-39(24-29-48(44)56-47)51-53-49(35-14-6-2-7-15-35)52-50(54-51)36-16-8-3-9-17-36/h1-32H. The largest absolute Gasteiger partial charge is 0.456 e. The highest BCUT2D eigenvalue weighted by Gasteiger charge is 2.17. The molecular weight excluding hydrogens is 685 g/mol. The first-order chi connectivity index (χ1) is 27.7. The van der Waals surface area contributed by atoms with E-state index in [1.54, 1.807) is 0 Å². The van der Waals surface area contributed by atoms with E-state index >= 15 is 0 Å². The third-order valence-corrected chi connectivity index (χ3v) is 10.7. The van der Waals surface area contributed by atoms with E-state index in [4.69, 9.17) is 19.4 Å². The minimum Gasteiger partial charge on any atom is -0.456 e. The second-order valence-corrected chi connectivity index (χ2v) is 14.1. The number of furan rings is 1.